The van der Waals surface area contributed by atoms with E-state index in [9.17, 15) is 18.0 Å². The Balaban J connectivity index is 1.43. The number of carbonyl (C=O) groups excluding carboxylic acids is 2. The second-order valence-electron chi connectivity index (χ2n) is 8.00. The molecule has 2 aliphatic rings. The fourth-order valence-corrected chi connectivity index (χ4v) is 5.85. The molecule has 2 amide bonds. The van der Waals surface area contributed by atoms with E-state index in [2.05, 4.69) is 5.32 Å². The summed E-state index contributed by atoms with van der Waals surface area (Å²) in [6, 6.07) is 13.9. The van der Waals surface area contributed by atoms with Gasteiger partial charge in [0.15, 0.2) is 9.84 Å². The van der Waals surface area contributed by atoms with Gasteiger partial charge in [-0.25, -0.2) is 13.9 Å². The fourth-order valence-electron chi connectivity index (χ4n) is 4.37. The monoisotopic (exact) mass is 443 g/mol. The van der Waals surface area contributed by atoms with E-state index < -0.39 is 21.7 Å². The SMILES string of the molecule is O=C(N[C@@H]1CCC[C@@H]1C(=O)NO)c1ccc(CN2CCS(=O)(=O)c3ccccc32)cc1. The van der Waals surface area contributed by atoms with Gasteiger partial charge < -0.3 is 10.2 Å². The maximum absolute atomic E-state index is 12.6. The standard InChI is InChI=1S/C22H25N3O5S/c26-21(23-18-5-3-4-17(18)22(27)24-28)16-10-8-15(9-11-16)14-25-12-13-31(29,30)20-7-2-1-6-19(20)25/h1-2,6-11,17-18,28H,3-5,12-14H2,(H,23,26)(H,24,27)/t17-,18+/m0/s1. The number of benzene rings is 2. The Hall–Kier alpha value is -2.91. The summed E-state index contributed by atoms with van der Waals surface area (Å²) in [5, 5.41) is 11.8. The molecular weight excluding hydrogens is 418 g/mol. The van der Waals surface area contributed by atoms with Crippen molar-refractivity contribution in [2.75, 3.05) is 17.2 Å². The average Bonchev–Trinajstić information content (AvgIpc) is 3.24. The van der Waals surface area contributed by atoms with Crippen molar-refractivity contribution in [1.29, 1.82) is 0 Å². The first-order valence-corrected chi connectivity index (χ1v) is 11.9. The number of carbonyl (C=O) groups is 2. The number of sulfone groups is 1. The number of rotatable bonds is 5. The molecule has 0 saturated heterocycles. The van der Waals surface area contributed by atoms with Crippen LogP contribution in [0.1, 0.15) is 35.2 Å². The summed E-state index contributed by atoms with van der Waals surface area (Å²) in [4.78, 5) is 26.7. The van der Waals surface area contributed by atoms with Crippen molar-refractivity contribution in [2.45, 2.75) is 36.7 Å². The van der Waals surface area contributed by atoms with E-state index in [1.165, 1.54) is 0 Å². The van der Waals surface area contributed by atoms with Crippen LogP contribution < -0.4 is 15.7 Å². The van der Waals surface area contributed by atoms with E-state index in [-0.39, 0.29) is 17.7 Å². The number of hydrogen-bond donors (Lipinski definition) is 3. The Morgan fingerprint density at radius 2 is 1.81 bits per heavy atom. The van der Waals surface area contributed by atoms with Crippen LogP contribution in [0, 0.1) is 5.92 Å². The highest BCUT2D eigenvalue weighted by Crippen LogP contribution is 2.31. The van der Waals surface area contributed by atoms with Gasteiger partial charge >= 0.3 is 0 Å². The molecule has 4 rings (SSSR count). The minimum atomic E-state index is -3.25. The van der Waals surface area contributed by atoms with Crippen molar-refractivity contribution < 1.29 is 23.2 Å². The van der Waals surface area contributed by atoms with Gasteiger partial charge in [-0.15, -0.1) is 0 Å². The van der Waals surface area contributed by atoms with Gasteiger partial charge in [0.25, 0.3) is 5.91 Å². The van der Waals surface area contributed by atoms with Crippen molar-refractivity contribution in [1.82, 2.24) is 10.8 Å². The lowest BCUT2D eigenvalue weighted by atomic mass is 10.0. The Morgan fingerprint density at radius 1 is 1.06 bits per heavy atom. The molecule has 0 bridgehead atoms. The lowest BCUT2D eigenvalue weighted by molar-refractivity contribution is -0.133. The van der Waals surface area contributed by atoms with E-state index in [4.69, 9.17) is 5.21 Å². The van der Waals surface area contributed by atoms with Crippen LogP contribution in [0.3, 0.4) is 0 Å². The first-order valence-electron chi connectivity index (χ1n) is 10.3. The van der Waals surface area contributed by atoms with E-state index in [0.29, 0.717) is 42.1 Å². The summed E-state index contributed by atoms with van der Waals surface area (Å²) in [6.07, 6.45) is 2.14. The second-order valence-corrected chi connectivity index (χ2v) is 10.1. The van der Waals surface area contributed by atoms with Gasteiger partial charge in [-0.1, -0.05) is 30.7 Å². The van der Waals surface area contributed by atoms with Gasteiger partial charge in [0.05, 0.1) is 22.3 Å². The van der Waals surface area contributed by atoms with Gasteiger partial charge in [0.1, 0.15) is 0 Å². The van der Waals surface area contributed by atoms with Crippen LogP contribution in [0.25, 0.3) is 0 Å². The quantitative estimate of drug-likeness (QED) is 0.480. The number of fused-ring (bicyclic) bond motifs is 1. The zero-order valence-corrected chi connectivity index (χ0v) is 17.8. The van der Waals surface area contributed by atoms with Crippen molar-refractivity contribution in [3.05, 3.63) is 59.7 Å². The second kappa shape index (κ2) is 8.68. The predicted octanol–water partition coefficient (Wildman–Crippen LogP) is 1.88. The predicted molar refractivity (Wildman–Crippen MR) is 115 cm³/mol. The summed E-state index contributed by atoms with van der Waals surface area (Å²) in [5.74, 6) is -1.08. The van der Waals surface area contributed by atoms with Crippen LogP contribution in [0.5, 0.6) is 0 Å². The van der Waals surface area contributed by atoms with Crippen LogP contribution in [-0.2, 0) is 21.2 Å². The average molecular weight is 444 g/mol. The third-order valence-electron chi connectivity index (χ3n) is 6.04. The summed E-state index contributed by atoms with van der Waals surface area (Å²) in [6.45, 7) is 0.952. The summed E-state index contributed by atoms with van der Waals surface area (Å²) < 4.78 is 24.6. The summed E-state index contributed by atoms with van der Waals surface area (Å²) in [7, 11) is -3.25. The molecule has 164 valence electrons. The Morgan fingerprint density at radius 3 is 2.55 bits per heavy atom. The molecule has 0 aromatic heterocycles. The van der Waals surface area contributed by atoms with Crippen molar-refractivity contribution in [2.24, 2.45) is 5.92 Å². The third-order valence-corrected chi connectivity index (χ3v) is 7.78. The lowest BCUT2D eigenvalue weighted by Crippen LogP contribution is -2.43. The Bertz CT molecular complexity index is 1080. The number of para-hydroxylation sites is 1. The minimum absolute atomic E-state index is 0.0779. The highest BCUT2D eigenvalue weighted by atomic mass is 32.2. The molecule has 1 aliphatic carbocycles. The van der Waals surface area contributed by atoms with E-state index in [1.807, 2.05) is 29.2 Å². The molecule has 1 fully saturated rings. The van der Waals surface area contributed by atoms with Crippen molar-refractivity contribution >= 4 is 27.3 Å². The molecule has 0 unspecified atom stereocenters. The van der Waals surface area contributed by atoms with Crippen LogP contribution in [0.2, 0.25) is 0 Å². The molecule has 8 nitrogen and oxygen atoms in total. The highest BCUT2D eigenvalue weighted by molar-refractivity contribution is 7.91. The molecule has 2 aromatic carbocycles. The first-order chi connectivity index (χ1) is 14.9. The van der Waals surface area contributed by atoms with E-state index in [0.717, 1.165) is 12.0 Å². The zero-order chi connectivity index (χ0) is 22.0. The summed E-state index contributed by atoms with van der Waals surface area (Å²) in [5.41, 5.74) is 3.82. The Kier molecular flexibility index (Phi) is 5.97. The van der Waals surface area contributed by atoms with Crippen LogP contribution in [0.4, 0.5) is 5.69 Å². The Labute approximate surface area is 181 Å². The molecule has 2 aromatic rings. The van der Waals surface area contributed by atoms with Crippen LogP contribution in [-0.4, -0.2) is 43.8 Å². The number of nitrogens with one attached hydrogen (secondary N) is 2. The summed E-state index contributed by atoms with van der Waals surface area (Å²) >= 11 is 0. The van der Waals surface area contributed by atoms with Gasteiger partial charge in [0, 0.05) is 24.7 Å². The van der Waals surface area contributed by atoms with Gasteiger partial charge in [-0.2, -0.15) is 0 Å². The molecule has 1 aliphatic heterocycles. The topological polar surface area (TPSA) is 116 Å². The largest absolute Gasteiger partial charge is 0.365 e. The number of hydrogen-bond acceptors (Lipinski definition) is 6. The molecule has 9 heteroatoms. The molecule has 0 radical (unpaired) electrons. The minimum Gasteiger partial charge on any atom is -0.365 e. The van der Waals surface area contributed by atoms with Crippen LogP contribution >= 0.6 is 0 Å². The molecule has 2 atom stereocenters. The van der Waals surface area contributed by atoms with E-state index in [1.54, 1.807) is 29.7 Å². The maximum atomic E-state index is 12.6. The number of nitrogens with zero attached hydrogens (tertiary/aromatic N) is 1. The van der Waals surface area contributed by atoms with Crippen LogP contribution in [0.15, 0.2) is 53.4 Å². The third kappa shape index (κ3) is 4.42. The molecule has 1 saturated carbocycles. The number of amides is 2. The molecule has 0 spiro atoms. The molecule has 3 N–H and O–H groups in total. The number of anilines is 1. The molecule has 31 heavy (non-hydrogen) atoms. The van der Waals surface area contributed by atoms with Crippen molar-refractivity contribution in [3.63, 3.8) is 0 Å². The molecular formula is C22H25N3O5S. The van der Waals surface area contributed by atoms with Gasteiger partial charge in [-0.3, -0.25) is 14.8 Å². The smallest absolute Gasteiger partial charge is 0.251 e. The normalized spacial score (nSPS) is 21.9. The maximum Gasteiger partial charge on any atom is 0.251 e. The highest BCUT2D eigenvalue weighted by Gasteiger charge is 2.34. The van der Waals surface area contributed by atoms with Crippen molar-refractivity contribution in [3.8, 4) is 0 Å². The lowest BCUT2D eigenvalue weighted by Gasteiger charge is -2.31. The first kappa shape index (κ1) is 21.3. The van der Waals surface area contributed by atoms with E-state index >= 15 is 0 Å². The zero-order valence-electron chi connectivity index (χ0n) is 17.0. The number of hydroxylamine groups is 1. The van der Waals surface area contributed by atoms with Gasteiger partial charge in [-0.05, 0) is 42.7 Å². The van der Waals surface area contributed by atoms with Gasteiger partial charge in [0.2, 0.25) is 5.91 Å². The fraction of sp³-hybridized carbons (Fsp3) is 0.364. The molecule has 1 heterocycles.